The number of benzene rings is 1. The van der Waals surface area contributed by atoms with E-state index in [1.807, 2.05) is 6.92 Å². The van der Waals surface area contributed by atoms with Crippen molar-refractivity contribution in [1.29, 1.82) is 0 Å². The van der Waals surface area contributed by atoms with Crippen molar-refractivity contribution in [2.45, 2.75) is 13.2 Å². The summed E-state index contributed by atoms with van der Waals surface area (Å²) in [7, 11) is 0. The van der Waals surface area contributed by atoms with Gasteiger partial charge < -0.3 is 15.9 Å². The predicted octanol–water partition coefficient (Wildman–Crippen LogP) is 0.560. The number of aliphatic hydroxyl groups excluding tert-OH is 1. The number of aryl methyl sites for hydroxylation is 1. The molecule has 0 saturated carbocycles. The lowest BCUT2D eigenvalue weighted by atomic mass is 10.1. The van der Waals surface area contributed by atoms with Crippen LogP contribution >= 0.6 is 0 Å². The summed E-state index contributed by atoms with van der Waals surface area (Å²) in [5.41, 5.74) is 7.48. The number of rotatable bonds is 1. The minimum absolute atomic E-state index is 0.424. The lowest BCUT2D eigenvalue weighted by Gasteiger charge is -2.05. The molecule has 0 fully saturated rings. The molecule has 0 aliphatic heterocycles. The maximum Gasteiger partial charge on any atom is 0.178 e. The Kier molecular flexibility index (Phi) is 2.12. The topological polar surface area (TPSA) is 66.5 Å². The third-order valence-electron chi connectivity index (χ3n) is 1.60. The molecule has 1 aromatic carbocycles. The van der Waals surface area contributed by atoms with Crippen molar-refractivity contribution in [1.82, 2.24) is 0 Å². The van der Waals surface area contributed by atoms with Crippen molar-refractivity contribution in [3.8, 4) is 0 Å². The molecule has 0 aliphatic rings. The van der Waals surface area contributed by atoms with Crippen LogP contribution in [0.3, 0.4) is 0 Å². The first-order chi connectivity index (χ1) is 5.11. The average molecular weight is 153 g/mol. The number of nitrogen functional groups attached to an aromatic ring is 1. The Morgan fingerprint density at radius 3 is 2.45 bits per heavy atom. The van der Waals surface area contributed by atoms with Crippen molar-refractivity contribution in [2.24, 2.45) is 0 Å². The van der Waals surface area contributed by atoms with Gasteiger partial charge in [-0.1, -0.05) is 12.1 Å². The summed E-state index contributed by atoms with van der Waals surface area (Å²) in [6.45, 7) is 1.86. The standard InChI is InChI=1S/C8H11NO2/c1-5-2-3-6(8(10)11)4-7(5)9/h2-4,8,10-11H,9H2,1H3. The molecule has 1 aromatic rings. The second kappa shape index (κ2) is 2.90. The number of anilines is 1. The smallest absolute Gasteiger partial charge is 0.178 e. The van der Waals surface area contributed by atoms with E-state index in [1.54, 1.807) is 18.2 Å². The molecule has 3 nitrogen and oxygen atoms in total. The van der Waals surface area contributed by atoms with Crippen LogP contribution in [0.1, 0.15) is 17.4 Å². The highest BCUT2D eigenvalue weighted by molar-refractivity contribution is 5.48. The van der Waals surface area contributed by atoms with E-state index in [4.69, 9.17) is 15.9 Å². The molecule has 0 spiro atoms. The van der Waals surface area contributed by atoms with Gasteiger partial charge in [0, 0.05) is 11.3 Å². The van der Waals surface area contributed by atoms with Crippen LogP contribution in [0.4, 0.5) is 5.69 Å². The fourth-order valence-corrected chi connectivity index (χ4v) is 0.820. The summed E-state index contributed by atoms with van der Waals surface area (Å²) >= 11 is 0. The molecule has 0 amide bonds. The fourth-order valence-electron chi connectivity index (χ4n) is 0.820. The van der Waals surface area contributed by atoms with Gasteiger partial charge in [0.1, 0.15) is 0 Å². The Balaban J connectivity index is 3.05. The molecule has 0 atom stereocenters. The minimum Gasteiger partial charge on any atom is -0.399 e. The van der Waals surface area contributed by atoms with Gasteiger partial charge in [-0.05, 0) is 18.6 Å². The normalized spacial score (nSPS) is 10.5. The van der Waals surface area contributed by atoms with Crippen LogP contribution in [0, 0.1) is 6.92 Å². The number of hydrogen-bond acceptors (Lipinski definition) is 3. The Labute approximate surface area is 65.1 Å². The van der Waals surface area contributed by atoms with Gasteiger partial charge in [0.15, 0.2) is 6.29 Å². The minimum atomic E-state index is -1.43. The molecule has 0 bridgehead atoms. The highest BCUT2D eigenvalue weighted by atomic mass is 16.5. The molecule has 0 aliphatic carbocycles. The van der Waals surface area contributed by atoms with Crippen molar-refractivity contribution in [2.75, 3.05) is 5.73 Å². The second-order valence-electron chi connectivity index (χ2n) is 2.49. The summed E-state index contributed by atoms with van der Waals surface area (Å²) < 4.78 is 0. The molecule has 0 radical (unpaired) electrons. The lowest BCUT2D eigenvalue weighted by molar-refractivity contribution is -0.0424. The molecular weight excluding hydrogens is 142 g/mol. The van der Waals surface area contributed by atoms with E-state index in [0.29, 0.717) is 11.3 Å². The van der Waals surface area contributed by atoms with E-state index in [0.717, 1.165) is 5.56 Å². The van der Waals surface area contributed by atoms with Gasteiger partial charge in [0.2, 0.25) is 0 Å². The average Bonchev–Trinajstić information content (AvgIpc) is 1.94. The van der Waals surface area contributed by atoms with Crippen molar-refractivity contribution in [3.63, 3.8) is 0 Å². The zero-order valence-electron chi connectivity index (χ0n) is 6.28. The number of aliphatic hydroxyl groups is 2. The van der Waals surface area contributed by atoms with Crippen LogP contribution in [0.25, 0.3) is 0 Å². The van der Waals surface area contributed by atoms with Gasteiger partial charge >= 0.3 is 0 Å². The molecule has 0 heterocycles. The summed E-state index contributed by atoms with van der Waals surface area (Å²) in [4.78, 5) is 0. The molecule has 1 rings (SSSR count). The second-order valence-corrected chi connectivity index (χ2v) is 2.49. The molecule has 3 heteroatoms. The molecule has 0 unspecified atom stereocenters. The molecule has 0 saturated heterocycles. The third-order valence-corrected chi connectivity index (χ3v) is 1.60. The van der Waals surface area contributed by atoms with Crippen molar-refractivity contribution < 1.29 is 10.2 Å². The van der Waals surface area contributed by atoms with Gasteiger partial charge in [0.25, 0.3) is 0 Å². The highest BCUT2D eigenvalue weighted by Crippen LogP contribution is 2.16. The molecule has 60 valence electrons. The van der Waals surface area contributed by atoms with E-state index >= 15 is 0 Å². The van der Waals surface area contributed by atoms with Crippen LogP contribution in [0.15, 0.2) is 18.2 Å². The van der Waals surface area contributed by atoms with Crippen LogP contribution in [-0.2, 0) is 0 Å². The Bertz CT molecular complexity index is 258. The van der Waals surface area contributed by atoms with Gasteiger partial charge in [0.05, 0.1) is 0 Å². The molecular formula is C8H11NO2. The SMILES string of the molecule is Cc1ccc(C(O)O)cc1N. The quantitative estimate of drug-likeness (QED) is 0.408. The lowest BCUT2D eigenvalue weighted by Crippen LogP contribution is -1.97. The van der Waals surface area contributed by atoms with Gasteiger partial charge in [-0.3, -0.25) is 0 Å². The molecule has 0 aromatic heterocycles. The van der Waals surface area contributed by atoms with E-state index in [9.17, 15) is 0 Å². The summed E-state index contributed by atoms with van der Waals surface area (Å²) in [5.74, 6) is 0. The molecule has 11 heavy (non-hydrogen) atoms. The third kappa shape index (κ3) is 1.69. The van der Waals surface area contributed by atoms with Crippen molar-refractivity contribution in [3.05, 3.63) is 29.3 Å². The monoisotopic (exact) mass is 153 g/mol. The van der Waals surface area contributed by atoms with E-state index in [-0.39, 0.29) is 0 Å². The highest BCUT2D eigenvalue weighted by Gasteiger charge is 2.02. The largest absolute Gasteiger partial charge is 0.399 e. The maximum atomic E-state index is 8.74. The van der Waals surface area contributed by atoms with Gasteiger partial charge in [-0.15, -0.1) is 0 Å². The molecule has 4 N–H and O–H groups in total. The van der Waals surface area contributed by atoms with Crippen LogP contribution in [-0.4, -0.2) is 10.2 Å². The fraction of sp³-hybridized carbons (Fsp3) is 0.250. The van der Waals surface area contributed by atoms with E-state index in [2.05, 4.69) is 0 Å². The van der Waals surface area contributed by atoms with Gasteiger partial charge in [-0.2, -0.15) is 0 Å². The first-order valence-corrected chi connectivity index (χ1v) is 3.33. The summed E-state index contributed by atoms with van der Waals surface area (Å²) in [6, 6.07) is 4.94. The predicted molar refractivity (Wildman–Crippen MR) is 42.8 cm³/mol. The van der Waals surface area contributed by atoms with Crippen LogP contribution in [0.2, 0.25) is 0 Å². The number of nitrogens with two attached hydrogens (primary N) is 1. The number of hydrogen-bond donors (Lipinski definition) is 3. The van der Waals surface area contributed by atoms with Gasteiger partial charge in [-0.25, -0.2) is 0 Å². The first kappa shape index (κ1) is 8.04. The maximum absolute atomic E-state index is 8.74. The van der Waals surface area contributed by atoms with Crippen LogP contribution in [0.5, 0.6) is 0 Å². The zero-order chi connectivity index (χ0) is 8.43. The summed E-state index contributed by atoms with van der Waals surface area (Å²) in [5, 5.41) is 17.5. The Hall–Kier alpha value is -1.06. The Morgan fingerprint density at radius 1 is 1.36 bits per heavy atom. The van der Waals surface area contributed by atoms with E-state index in [1.165, 1.54) is 0 Å². The van der Waals surface area contributed by atoms with Crippen molar-refractivity contribution >= 4 is 5.69 Å². The first-order valence-electron chi connectivity index (χ1n) is 3.33. The van der Waals surface area contributed by atoms with E-state index < -0.39 is 6.29 Å². The Morgan fingerprint density at radius 2 is 2.00 bits per heavy atom. The van der Waals surface area contributed by atoms with Crippen LogP contribution < -0.4 is 5.73 Å². The zero-order valence-corrected chi connectivity index (χ0v) is 6.28. The summed E-state index contributed by atoms with van der Waals surface area (Å²) in [6.07, 6.45) is -1.43.